The molecular weight excluding hydrogens is 269 g/mol. The molecule has 118 valence electrons. The van der Waals surface area contributed by atoms with Crippen LogP contribution in [-0.4, -0.2) is 25.4 Å². The summed E-state index contributed by atoms with van der Waals surface area (Å²) in [7, 11) is 1.56. The summed E-state index contributed by atoms with van der Waals surface area (Å²) in [5.41, 5.74) is 0.509. The van der Waals surface area contributed by atoms with E-state index in [9.17, 15) is 9.50 Å². The molecule has 1 unspecified atom stereocenters. The fourth-order valence-corrected chi connectivity index (χ4v) is 3.28. The van der Waals surface area contributed by atoms with Gasteiger partial charge in [0.05, 0.1) is 7.11 Å². The predicted molar refractivity (Wildman–Crippen MR) is 82.0 cm³/mol. The molecule has 0 heterocycles. The quantitative estimate of drug-likeness (QED) is 0.845. The van der Waals surface area contributed by atoms with Crippen LogP contribution < -0.4 is 10.1 Å². The summed E-state index contributed by atoms with van der Waals surface area (Å²) in [6.45, 7) is 2.85. The second-order valence-electron chi connectivity index (χ2n) is 6.18. The minimum absolute atomic E-state index is 0.0506. The third-order valence-corrected chi connectivity index (χ3v) is 4.70. The zero-order valence-corrected chi connectivity index (χ0v) is 13.0. The minimum atomic E-state index is -0.254. The maximum Gasteiger partial charge on any atom is 0.131 e. The molecule has 1 aromatic rings. The molecule has 1 fully saturated rings. The van der Waals surface area contributed by atoms with Crippen molar-refractivity contribution in [3.63, 3.8) is 0 Å². The first-order chi connectivity index (χ1) is 10.1. The average molecular weight is 295 g/mol. The van der Waals surface area contributed by atoms with Gasteiger partial charge in [0, 0.05) is 30.2 Å². The number of hydrogen-bond acceptors (Lipinski definition) is 3. The lowest BCUT2D eigenvalue weighted by atomic mass is 9.74. The number of ether oxygens (including phenoxy) is 1. The zero-order valence-electron chi connectivity index (χ0n) is 13.0. The largest absolute Gasteiger partial charge is 0.496 e. The molecule has 1 aliphatic carbocycles. The number of aliphatic hydroxyl groups is 1. The van der Waals surface area contributed by atoms with Gasteiger partial charge in [-0.05, 0) is 31.9 Å². The van der Waals surface area contributed by atoms with Crippen molar-refractivity contribution in [2.24, 2.45) is 5.41 Å². The van der Waals surface area contributed by atoms with Gasteiger partial charge in [-0.1, -0.05) is 25.3 Å². The Morgan fingerprint density at radius 1 is 1.33 bits per heavy atom. The Hall–Kier alpha value is -1.13. The van der Waals surface area contributed by atoms with Crippen LogP contribution in [0.5, 0.6) is 5.75 Å². The van der Waals surface area contributed by atoms with Crippen molar-refractivity contribution < 1.29 is 14.2 Å². The van der Waals surface area contributed by atoms with Crippen LogP contribution in [0.15, 0.2) is 18.2 Å². The van der Waals surface area contributed by atoms with Crippen molar-refractivity contribution in [2.75, 3.05) is 20.3 Å². The van der Waals surface area contributed by atoms with E-state index in [2.05, 4.69) is 5.32 Å². The highest BCUT2D eigenvalue weighted by Crippen LogP contribution is 2.36. The first-order valence-electron chi connectivity index (χ1n) is 7.78. The van der Waals surface area contributed by atoms with Crippen LogP contribution in [0.1, 0.15) is 50.6 Å². The molecule has 0 aliphatic heterocycles. The van der Waals surface area contributed by atoms with E-state index in [0.717, 1.165) is 12.8 Å². The lowest BCUT2D eigenvalue weighted by molar-refractivity contribution is 0.0786. The second-order valence-corrected chi connectivity index (χ2v) is 6.18. The van der Waals surface area contributed by atoms with Crippen LogP contribution in [0.2, 0.25) is 0 Å². The van der Waals surface area contributed by atoms with Crippen molar-refractivity contribution in [2.45, 2.75) is 45.1 Å². The molecule has 3 nitrogen and oxygen atoms in total. The normalized spacial score (nSPS) is 19.2. The van der Waals surface area contributed by atoms with Gasteiger partial charge in [-0.3, -0.25) is 0 Å². The number of hydrogen-bond donors (Lipinski definition) is 2. The van der Waals surface area contributed by atoms with Crippen LogP contribution in [0.4, 0.5) is 4.39 Å². The summed E-state index contributed by atoms with van der Waals surface area (Å²) >= 11 is 0. The number of aliphatic hydroxyl groups excluding tert-OH is 1. The number of rotatable bonds is 6. The minimum Gasteiger partial charge on any atom is -0.496 e. The van der Waals surface area contributed by atoms with Gasteiger partial charge in [-0.15, -0.1) is 0 Å². The molecule has 2 N–H and O–H groups in total. The predicted octanol–water partition coefficient (Wildman–Crippen LogP) is 3.43. The molecule has 2 rings (SSSR count). The lowest BCUT2D eigenvalue weighted by Crippen LogP contribution is -2.40. The molecule has 1 aliphatic rings. The van der Waals surface area contributed by atoms with Crippen molar-refractivity contribution in [1.82, 2.24) is 5.32 Å². The summed E-state index contributed by atoms with van der Waals surface area (Å²) < 4.78 is 19.3. The number of halogens is 1. The number of benzene rings is 1. The molecule has 0 saturated heterocycles. The summed E-state index contributed by atoms with van der Waals surface area (Å²) in [6.07, 6.45) is 5.66. The highest BCUT2D eigenvalue weighted by atomic mass is 19.1. The summed E-state index contributed by atoms with van der Waals surface area (Å²) in [4.78, 5) is 0. The van der Waals surface area contributed by atoms with Crippen LogP contribution in [0, 0.1) is 11.2 Å². The summed E-state index contributed by atoms with van der Waals surface area (Å²) in [5.74, 6) is 0.313. The van der Waals surface area contributed by atoms with E-state index < -0.39 is 0 Å². The van der Waals surface area contributed by atoms with Crippen molar-refractivity contribution >= 4 is 0 Å². The fraction of sp³-hybridized carbons (Fsp3) is 0.647. The van der Waals surface area contributed by atoms with Crippen molar-refractivity contribution in [3.05, 3.63) is 29.6 Å². The highest BCUT2D eigenvalue weighted by molar-refractivity contribution is 5.36. The Kier molecular flexibility index (Phi) is 5.59. The van der Waals surface area contributed by atoms with Gasteiger partial charge in [0.15, 0.2) is 0 Å². The number of nitrogens with one attached hydrogen (secondary N) is 1. The van der Waals surface area contributed by atoms with E-state index >= 15 is 0 Å². The van der Waals surface area contributed by atoms with Crippen LogP contribution >= 0.6 is 0 Å². The fourth-order valence-electron chi connectivity index (χ4n) is 3.28. The van der Waals surface area contributed by atoms with Gasteiger partial charge in [-0.2, -0.15) is 0 Å². The maximum absolute atomic E-state index is 14.1. The van der Waals surface area contributed by atoms with E-state index in [4.69, 9.17) is 4.74 Å². The van der Waals surface area contributed by atoms with Gasteiger partial charge in [-0.25, -0.2) is 4.39 Å². The van der Waals surface area contributed by atoms with Crippen molar-refractivity contribution in [3.8, 4) is 5.75 Å². The molecule has 1 aromatic carbocycles. The van der Waals surface area contributed by atoms with E-state index in [1.807, 2.05) is 6.92 Å². The van der Waals surface area contributed by atoms with Gasteiger partial charge in [0.1, 0.15) is 11.6 Å². The second kappa shape index (κ2) is 7.23. The number of methoxy groups -OCH3 is 1. The Balaban J connectivity index is 2.06. The summed E-state index contributed by atoms with van der Waals surface area (Å²) in [6, 6.07) is 4.74. The molecule has 0 aromatic heterocycles. The first kappa shape index (κ1) is 16.2. The molecule has 1 atom stereocenters. The third-order valence-electron chi connectivity index (χ3n) is 4.70. The maximum atomic E-state index is 14.1. The van der Waals surface area contributed by atoms with Crippen LogP contribution in [0.25, 0.3) is 0 Å². The van der Waals surface area contributed by atoms with Gasteiger partial charge < -0.3 is 15.2 Å². The van der Waals surface area contributed by atoms with E-state index in [1.165, 1.54) is 25.3 Å². The molecular formula is C17H26FNO2. The standard InChI is InChI=1S/C17H26FNO2/c1-13(16-14(18)7-6-8-15(16)21-2)19-11-17(12-20)9-4-3-5-10-17/h6-8,13,19-20H,3-5,9-12H2,1-2H3. The molecule has 0 spiro atoms. The Morgan fingerprint density at radius 2 is 2.05 bits per heavy atom. The van der Waals surface area contributed by atoms with Gasteiger partial charge in [0.2, 0.25) is 0 Å². The smallest absolute Gasteiger partial charge is 0.131 e. The topological polar surface area (TPSA) is 41.5 Å². The van der Waals surface area contributed by atoms with E-state index in [1.54, 1.807) is 19.2 Å². The third kappa shape index (κ3) is 3.74. The van der Waals surface area contributed by atoms with Crippen LogP contribution in [0.3, 0.4) is 0 Å². The van der Waals surface area contributed by atoms with Crippen LogP contribution in [-0.2, 0) is 0 Å². The Labute approximate surface area is 126 Å². The van der Waals surface area contributed by atoms with Crippen molar-refractivity contribution in [1.29, 1.82) is 0 Å². The highest BCUT2D eigenvalue weighted by Gasteiger charge is 2.32. The molecule has 0 bridgehead atoms. The zero-order chi connectivity index (χ0) is 15.3. The lowest BCUT2D eigenvalue weighted by Gasteiger charge is -2.37. The van der Waals surface area contributed by atoms with Gasteiger partial charge in [0.25, 0.3) is 0 Å². The van der Waals surface area contributed by atoms with E-state index in [0.29, 0.717) is 17.9 Å². The molecule has 4 heteroatoms. The monoisotopic (exact) mass is 295 g/mol. The summed E-state index contributed by atoms with van der Waals surface area (Å²) in [5, 5.41) is 13.1. The first-order valence-corrected chi connectivity index (χ1v) is 7.78. The molecule has 1 saturated carbocycles. The Morgan fingerprint density at radius 3 is 2.67 bits per heavy atom. The Bertz CT molecular complexity index is 458. The molecule has 0 radical (unpaired) electrons. The van der Waals surface area contributed by atoms with E-state index in [-0.39, 0.29) is 23.9 Å². The molecule has 0 amide bonds. The SMILES string of the molecule is COc1cccc(F)c1C(C)NCC1(CO)CCCCC1. The average Bonchev–Trinajstić information content (AvgIpc) is 2.53. The van der Waals surface area contributed by atoms with Gasteiger partial charge >= 0.3 is 0 Å². The molecule has 21 heavy (non-hydrogen) atoms.